The summed E-state index contributed by atoms with van der Waals surface area (Å²) in [4.78, 5) is 31.9. The molecule has 1 amide bonds. The fraction of sp³-hybridized carbons (Fsp3) is 0.421. The van der Waals surface area contributed by atoms with Gasteiger partial charge in [0.25, 0.3) is 5.56 Å². The molecule has 9 heteroatoms. The third-order valence-electron chi connectivity index (χ3n) is 3.81. The summed E-state index contributed by atoms with van der Waals surface area (Å²) >= 11 is 2.93. The van der Waals surface area contributed by atoms with Crippen LogP contribution in [0.4, 0.5) is 5.69 Å². The Kier molecular flexibility index (Phi) is 8.72. The van der Waals surface area contributed by atoms with E-state index < -0.39 is 5.25 Å². The number of carbonyl (C=O) groups excluding carboxylic acids is 1. The van der Waals surface area contributed by atoms with Crippen molar-refractivity contribution in [2.75, 3.05) is 25.3 Å². The molecule has 1 aromatic heterocycles. The number of methoxy groups -OCH3 is 2. The van der Waals surface area contributed by atoms with E-state index in [1.54, 1.807) is 37.1 Å². The maximum Gasteiger partial charge on any atom is 0.251 e. The van der Waals surface area contributed by atoms with Crippen LogP contribution in [0.5, 0.6) is 11.5 Å². The Balaban J connectivity index is 2.16. The van der Waals surface area contributed by atoms with E-state index in [1.165, 1.54) is 24.9 Å². The standard InChI is InChI=1S/C19H25N3O4S2/c1-5-16(28-19-20-12(11-27-6-2)9-17(23)22-19)18(24)21-14-10-13(25-3)7-8-15(14)26-4/h7-10,16H,5-6,11H2,1-4H3,(H,21,24)(H,20,22,23). The molecule has 2 aromatic rings. The second-order valence-electron chi connectivity index (χ2n) is 5.75. The highest BCUT2D eigenvalue weighted by molar-refractivity contribution is 8.00. The van der Waals surface area contributed by atoms with Crippen LogP contribution < -0.4 is 20.3 Å². The number of aromatic nitrogens is 2. The number of aromatic amines is 1. The van der Waals surface area contributed by atoms with Gasteiger partial charge in [-0.3, -0.25) is 9.59 Å². The van der Waals surface area contributed by atoms with Crippen molar-refractivity contribution in [3.63, 3.8) is 0 Å². The average Bonchev–Trinajstić information content (AvgIpc) is 2.69. The van der Waals surface area contributed by atoms with Gasteiger partial charge in [0.2, 0.25) is 5.91 Å². The molecule has 0 fully saturated rings. The molecule has 1 atom stereocenters. The van der Waals surface area contributed by atoms with Crippen molar-refractivity contribution in [2.24, 2.45) is 0 Å². The van der Waals surface area contributed by atoms with Crippen LogP contribution >= 0.6 is 23.5 Å². The molecule has 1 heterocycles. The van der Waals surface area contributed by atoms with Crippen LogP contribution in [0.1, 0.15) is 26.0 Å². The molecule has 1 aromatic carbocycles. The first-order valence-electron chi connectivity index (χ1n) is 8.88. The van der Waals surface area contributed by atoms with E-state index >= 15 is 0 Å². The molecule has 0 spiro atoms. The Labute approximate surface area is 173 Å². The quantitative estimate of drug-likeness (QED) is 0.446. The van der Waals surface area contributed by atoms with Crippen LogP contribution in [0.3, 0.4) is 0 Å². The fourth-order valence-electron chi connectivity index (χ4n) is 2.40. The zero-order valence-electron chi connectivity index (χ0n) is 16.4. The zero-order valence-corrected chi connectivity index (χ0v) is 18.0. The van der Waals surface area contributed by atoms with Gasteiger partial charge in [0, 0.05) is 17.9 Å². The summed E-state index contributed by atoms with van der Waals surface area (Å²) in [6, 6.07) is 6.69. The Bertz CT molecular complexity index is 857. The predicted octanol–water partition coefficient (Wildman–Crippen LogP) is 3.55. The van der Waals surface area contributed by atoms with Gasteiger partial charge in [-0.25, -0.2) is 4.98 Å². The van der Waals surface area contributed by atoms with E-state index in [9.17, 15) is 9.59 Å². The minimum absolute atomic E-state index is 0.199. The molecule has 7 nitrogen and oxygen atoms in total. The molecular weight excluding hydrogens is 398 g/mol. The number of thioether (sulfide) groups is 2. The lowest BCUT2D eigenvalue weighted by atomic mass is 10.2. The first kappa shape index (κ1) is 22.2. The molecule has 0 aliphatic carbocycles. The Morgan fingerprint density at radius 1 is 1.25 bits per heavy atom. The molecule has 0 saturated carbocycles. The second kappa shape index (κ2) is 11.0. The number of hydrogen-bond acceptors (Lipinski definition) is 7. The van der Waals surface area contributed by atoms with Crippen molar-refractivity contribution >= 4 is 35.1 Å². The van der Waals surface area contributed by atoms with E-state index in [4.69, 9.17) is 9.47 Å². The van der Waals surface area contributed by atoms with Gasteiger partial charge in [-0.2, -0.15) is 11.8 Å². The number of hydrogen-bond donors (Lipinski definition) is 2. The second-order valence-corrected chi connectivity index (χ2v) is 8.21. The summed E-state index contributed by atoms with van der Waals surface area (Å²) in [7, 11) is 3.10. The van der Waals surface area contributed by atoms with Crippen molar-refractivity contribution in [3.05, 3.63) is 40.3 Å². The molecule has 28 heavy (non-hydrogen) atoms. The van der Waals surface area contributed by atoms with Crippen LogP contribution in [-0.4, -0.2) is 41.1 Å². The van der Waals surface area contributed by atoms with Gasteiger partial charge < -0.3 is 19.8 Å². The van der Waals surface area contributed by atoms with Gasteiger partial charge in [-0.05, 0) is 24.3 Å². The topological polar surface area (TPSA) is 93.3 Å². The molecule has 0 bridgehead atoms. The summed E-state index contributed by atoms with van der Waals surface area (Å²) in [5.41, 5.74) is 1.03. The van der Waals surface area contributed by atoms with Crippen molar-refractivity contribution in [3.8, 4) is 11.5 Å². The highest BCUT2D eigenvalue weighted by atomic mass is 32.2. The van der Waals surface area contributed by atoms with Gasteiger partial charge in [0.05, 0.1) is 30.9 Å². The minimum atomic E-state index is -0.423. The molecule has 2 rings (SSSR count). The number of rotatable bonds is 10. The number of amides is 1. The van der Waals surface area contributed by atoms with Gasteiger partial charge in [0.1, 0.15) is 11.5 Å². The first-order chi connectivity index (χ1) is 13.5. The van der Waals surface area contributed by atoms with Crippen molar-refractivity contribution in [1.29, 1.82) is 0 Å². The third kappa shape index (κ3) is 6.20. The number of benzene rings is 1. The average molecular weight is 424 g/mol. The smallest absolute Gasteiger partial charge is 0.251 e. The number of H-pyrrole nitrogens is 1. The SMILES string of the molecule is CCSCc1cc(=O)[nH]c(SC(CC)C(=O)Nc2cc(OC)ccc2OC)n1. The molecule has 0 radical (unpaired) electrons. The molecule has 0 saturated heterocycles. The van der Waals surface area contributed by atoms with Crippen molar-refractivity contribution < 1.29 is 14.3 Å². The highest BCUT2D eigenvalue weighted by Crippen LogP contribution is 2.30. The van der Waals surface area contributed by atoms with Gasteiger partial charge in [-0.15, -0.1) is 0 Å². The van der Waals surface area contributed by atoms with Crippen LogP contribution in [0.2, 0.25) is 0 Å². The Hall–Kier alpha value is -2.13. The largest absolute Gasteiger partial charge is 0.497 e. The summed E-state index contributed by atoms with van der Waals surface area (Å²) in [6.45, 7) is 3.97. The number of carbonyl (C=O) groups is 1. The lowest BCUT2D eigenvalue weighted by Crippen LogP contribution is -2.25. The lowest BCUT2D eigenvalue weighted by Gasteiger charge is -2.16. The van der Waals surface area contributed by atoms with Crippen LogP contribution in [-0.2, 0) is 10.5 Å². The summed E-state index contributed by atoms with van der Waals surface area (Å²) in [6.07, 6.45) is 0.570. The van der Waals surface area contributed by atoms with E-state index in [2.05, 4.69) is 22.2 Å². The van der Waals surface area contributed by atoms with Crippen LogP contribution in [0.25, 0.3) is 0 Å². The summed E-state index contributed by atoms with van der Waals surface area (Å²) in [5, 5.41) is 2.90. The molecule has 0 aliphatic rings. The lowest BCUT2D eigenvalue weighted by molar-refractivity contribution is -0.115. The first-order valence-corrected chi connectivity index (χ1v) is 10.9. The van der Waals surface area contributed by atoms with Crippen molar-refractivity contribution in [1.82, 2.24) is 9.97 Å². The van der Waals surface area contributed by atoms with Crippen molar-refractivity contribution in [2.45, 2.75) is 36.4 Å². The monoisotopic (exact) mass is 423 g/mol. The zero-order chi connectivity index (χ0) is 20.5. The minimum Gasteiger partial charge on any atom is -0.497 e. The molecule has 0 aliphatic heterocycles. The maximum atomic E-state index is 12.8. The van der Waals surface area contributed by atoms with Gasteiger partial charge in [0.15, 0.2) is 5.16 Å². The Morgan fingerprint density at radius 3 is 2.68 bits per heavy atom. The van der Waals surface area contributed by atoms with Crippen LogP contribution in [0.15, 0.2) is 34.2 Å². The van der Waals surface area contributed by atoms with Gasteiger partial charge >= 0.3 is 0 Å². The van der Waals surface area contributed by atoms with E-state index in [0.717, 1.165) is 5.75 Å². The fourth-order valence-corrected chi connectivity index (χ4v) is 3.89. The molecule has 152 valence electrons. The molecular formula is C19H25N3O4S2. The van der Waals surface area contributed by atoms with E-state index in [-0.39, 0.29) is 11.5 Å². The normalized spacial score (nSPS) is 11.7. The number of nitrogens with one attached hydrogen (secondary N) is 2. The van der Waals surface area contributed by atoms with E-state index in [1.807, 2.05) is 6.92 Å². The Morgan fingerprint density at radius 2 is 2.04 bits per heavy atom. The number of ether oxygens (including phenoxy) is 2. The number of anilines is 1. The maximum absolute atomic E-state index is 12.8. The third-order valence-corrected chi connectivity index (χ3v) is 5.97. The summed E-state index contributed by atoms with van der Waals surface area (Å²) < 4.78 is 10.5. The van der Waals surface area contributed by atoms with Gasteiger partial charge in [-0.1, -0.05) is 25.6 Å². The van der Waals surface area contributed by atoms with E-state index in [0.29, 0.717) is 40.2 Å². The molecule has 1 unspecified atom stereocenters. The highest BCUT2D eigenvalue weighted by Gasteiger charge is 2.21. The molecule has 2 N–H and O–H groups in total. The van der Waals surface area contributed by atoms with Crippen LogP contribution in [0, 0.1) is 0 Å². The number of nitrogens with zero attached hydrogens (tertiary/aromatic N) is 1. The summed E-state index contributed by atoms with van der Waals surface area (Å²) in [5.74, 6) is 2.56. The predicted molar refractivity (Wildman–Crippen MR) is 115 cm³/mol.